The van der Waals surface area contributed by atoms with Crippen molar-refractivity contribution in [2.75, 3.05) is 13.1 Å². The predicted octanol–water partition coefficient (Wildman–Crippen LogP) is 0.478. The third-order valence-corrected chi connectivity index (χ3v) is 3.96. The van der Waals surface area contributed by atoms with Crippen LogP contribution in [-0.2, 0) is 10.0 Å². The first-order valence-electron chi connectivity index (χ1n) is 5.90. The van der Waals surface area contributed by atoms with Crippen molar-refractivity contribution in [2.45, 2.75) is 17.7 Å². The molecule has 2 rings (SSSR count). The highest BCUT2D eigenvalue weighted by Gasteiger charge is 2.24. The molecule has 1 heterocycles. The zero-order valence-corrected chi connectivity index (χ0v) is 11.3. The molecule has 1 aliphatic rings. The van der Waals surface area contributed by atoms with Crippen molar-refractivity contribution in [3.8, 4) is 0 Å². The van der Waals surface area contributed by atoms with Crippen LogP contribution >= 0.6 is 0 Å². The van der Waals surface area contributed by atoms with E-state index in [1.54, 1.807) is 0 Å². The number of sulfonamides is 1. The SMILES string of the molecule is NS(=O)(=O)c1cc(C(=O)N2CCCC2)cc([N+](=O)[O-])c1. The molecule has 8 nitrogen and oxygen atoms in total. The Bertz CT molecular complexity index is 665. The number of non-ortho nitro benzene ring substituents is 1. The van der Waals surface area contributed by atoms with Crippen LogP contribution in [0.25, 0.3) is 0 Å². The monoisotopic (exact) mass is 299 g/mol. The molecular formula is C11H13N3O5S. The topological polar surface area (TPSA) is 124 Å². The second-order valence-corrected chi connectivity index (χ2v) is 6.08. The first-order valence-corrected chi connectivity index (χ1v) is 7.45. The lowest BCUT2D eigenvalue weighted by molar-refractivity contribution is -0.385. The van der Waals surface area contributed by atoms with E-state index in [0.29, 0.717) is 13.1 Å². The maximum atomic E-state index is 12.2. The summed E-state index contributed by atoms with van der Waals surface area (Å²) in [7, 11) is -4.11. The highest BCUT2D eigenvalue weighted by atomic mass is 32.2. The number of primary sulfonamides is 1. The number of benzene rings is 1. The fourth-order valence-corrected chi connectivity index (χ4v) is 2.66. The van der Waals surface area contributed by atoms with E-state index in [9.17, 15) is 23.3 Å². The molecule has 1 fully saturated rings. The van der Waals surface area contributed by atoms with Crippen LogP contribution in [0.3, 0.4) is 0 Å². The zero-order chi connectivity index (χ0) is 14.9. The molecule has 2 N–H and O–H groups in total. The zero-order valence-electron chi connectivity index (χ0n) is 10.5. The fourth-order valence-electron chi connectivity index (χ4n) is 2.08. The van der Waals surface area contributed by atoms with Gasteiger partial charge in [-0.1, -0.05) is 0 Å². The fraction of sp³-hybridized carbons (Fsp3) is 0.364. The first kappa shape index (κ1) is 14.4. The van der Waals surface area contributed by atoms with E-state index in [2.05, 4.69) is 0 Å². The predicted molar refractivity (Wildman–Crippen MR) is 69.6 cm³/mol. The number of nitro benzene ring substituents is 1. The van der Waals surface area contributed by atoms with E-state index in [4.69, 9.17) is 5.14 Å². The van der Waals surface area contributed by atoms with E-state index in [1.165, 1.54) is 4.90 Å². The van der Waals surface area contributed by atoms with Gasteiger partial charge >= 0.3 is 0 Å². The molecule has 0 bridgehead atoms. The molecule has 1 amide bonds. The number of nitro groups is 1. The number of rotatable bonds is 3. The van der Waals surface area contributed by atoms with Crippen molar-refractivity contribution in [1.82, 2.24) is 4.90 Å². The van der Waals surface area contributed by atoms with Gasteiger partial charge in [-0.25, -0.2) is 13.6 Å². The minimum Gasteiger partial charge on any atom is -0.339 e. The van der Waals surface area contributed by atoms with Crippen LogP contribution in [0.5, 0.6) is 0 Å². The van der Waals surface area contributed by atoms with Gasteiger partial charge in [0, 0.05) is 30.8 Å². The summed E-state index contributed by atoms with van der Waals surface area (Å²) in [6.45, 7) is 1.12. The number of nitrogens with two attached hydrogens (primary N) is 1. The van der Waals surface area contributed by atoms with Crippen LogP contribution < -0.4 is 5.14 Å². The molecule has 0 atom stereocenters. The van der Waals surface area contributed by atoms with E-state index in [1.807, 2.05) is 0 Å². The third kappa shape index (κ3) is 2.94. The van der Waals surface area contributed by atoms with Gasteiger partial charge in [0.25, 0.3) is 11.6 Å². The number of carbonyl (C=O) groups excluding carboxylic acids is 1. The number of amides is 1. The Hall–Kier alpha value is -2.00. The van der Waals surface area contributed by atoms with Gasteiger partial charge in [0.2, 0.25) is 10.0 Å². The van der Waals surface area contributed by atoms with E-state index < -0.39 is 31.4 Å². The van der Waals surface area contributed by atoms with Crippen molar-refractivity contribution < 1.29 is 18.1 Å². The van der Waals surface area contributed by atoms with E-state index >= 15 is 0 Å². The summed E-state index contributed by atoms with van der Waals surface area (Å²) in [6, 6.07) is 2.98. The Morgan fingerprint density at radius 3 is 2.35 bits per heavy atom. The molecule has 0 spiro atoms. The van der Waals surface area contributed by atoms with Gasteiger partial charge in [-0.2, -0.15) is 0 Å². The highest BCUT2D eigenvalue weighted by molar-refractivity contribution is 7.89. The molecule has 1 aromatic rings. The molecule has 0 radical (unpaired) electrons. The summed E-state index contributed by atoms with van der Waals surface area (Å²) in [5.41, 5.74) is -0.510. The maximum Gasteiger partial charge on any atom is 0.271 e. The smallest absolute Gasteiger partial charge is 0.271 e. The van der Waals surface area contributed by atoms with Gasteiger partial charge in [-0.3, -0.25) is 14.9 Å². The minimum atomic E-state index is -4.11. The molecule has 0 aliphatic carbocycles. The Kier molecular flexibility index (Phi) is 3.73. The van der Waals surface area contributed by atoms with Gasteiger partial charge in [0.05, 0.1) is 9.82 Å². The van der Waals surface area contributed by atoms with Crippen molar-refractivity contribution in [3.05, 3.63) is 33.9 Å². The average Bonchev–Trinajstić information content (AvgIpc) is 2.90. The molecule has 108 valence electrons. The molecule has 1 saturated heterocycles. The third-order valence-electron chi connectivity index (χ3n) is 3.07. The summed E-state index contributed by atoms with van der Waals surface area (Å²) in [4.78, 5) is 23.3. The first-order chi connectivity index (χ1) is 9.29. The number of nitrogens with zero attached hydrogens (tertiary/aromatic N) is 2. The average molecular weight is 299 g/mol. The summed E-state index contributed by atoms with van der Waals surface area (Å²) in [5, 5.41) is 15.8. The number of carbonyl (C=O) groups is 1. The molecule has 20 heavy (non-hydrogen) atoms. The van der Waals surface area contributed by atoms with Crippen molar-refractivity contribution >= 4 is 21.6 Å². The Labute approximate surface area is 115 Å². The summed E-state index contributed by atoms with van der Waals surface area (Å²) in [5.74, 6) is -0.420. The summed E-state index contributed by atoms with van der Waals surface area (Å²) >= 11 is 0. The molecule has 9 heteroatoms. The Morgan fingerprint density at radius 2 is 1.85 bits per heavy atom. The summed E-state index contributed by atoms with van der Waals surface area (Å²) in [6.07, 6.45) is 1.73. The van der Waals surface area contributed by atoms with Crippen LogP contribution in [-0.4, -0.2) is 37.2 Å². The van der Waals surface area contributed by atoms with Crippen LogP contribution in [0.4, 0.5) is 5.69 Å². The van der Waals surface area contributed by atoms with Gasteiger partial charge in [0.15, 0.2) is 0 Å². The Balaban J connectivity index is 2.49. The van der Waals surface area contributed by atoms with Gasteiger partial charge in [-0.05, 0) is 18.9 Å². The molecule has 0 saturated carbocycles. The number of hydrogen-bond donors (Lipinski definition) is 1. The Morgan fingerprint density at radius 1 is 1.25 bits per heavy atom. The van der Waals surface area contributed by atoms with Crippen molar-refractivity contribution in [1.29, 1.82) is 0 Å². The minimum absolute atomic E-state index is 0.0369. The molecule has 1 aliphatic heterocycles. The molecule has 0 aromatic heterocycles. The standard InChI is InChI=1S/C11H13N3O5S/c12-20(18,19)10-6-8(5-9(7-10)14(16)17)11(15)13-3-1-2-4-13/h5-7H,1-4H2,(H2,12,18,19). The normalized spacial score (nSPS) is 15.3. The van der Waals surface area contributed by atoms with E-state index in [0.717, 1.165) is 31.0 Å². The molecule has 0 unspecified atom stereocenters. The second-order valence-electron chi connectivity index (χ2n) is 4.52. The van der Waals surface area contributed by atoms with Crippen LogP contribution in [0.15, 0.2) is 23.1 Å². The quantitative estimate of drug-likeness (QED) is 0.642. The second kappa shape index (κ2) is 5.17. The summed E-state index contributed by atoms with van der Waals surface area (Å²) < 4.78 is 22.7. The lowest BCUT2D eigenvalue weighted by Gasteiger charge is -2.15. The largest absolute Gasteiger partial charge is 0.339 e. The lowest BCUT2D eigenvalue weighted by atomic mass is 10.2. The molecular weight excluding hydrogens is 286 g/mol. The van der Waals surface area contributed by atoms with Crippen molar-refractivity contribution in [2.24, 2.45) is 5.14 Å². The van der Waals surface area contributed by atoms with Crippen LogP contribution in [0.2, 0.25) is 0 Å². The van der Waals surface area contributed by atoms with Gasteiger partial charge in [0.1, 0.15) is 0 Å². The van der Waals surface area contributed by atoms with Crippen molar-refractivity contribution in [3.63, 3.8) is 0 Å². The van der Waals surface area contributed by atoms with Gasteiger partial charge in [-0.15, -0.1) is 0 Å². The molecule has 1 aromatic carbocycles. The van der Waals surface area contributed by atoms with Gasteiger partial charge < -0.3 is 4.90 Å². The van der Waals surface area contributed by atoms with E-state index in [-0.39, 0.29) is 5.56 Å². The highest BCUT2D eigenvalue weighted by Crippen LogP contribution is 2.22. The number of hydrogen-bond acceptors (Lipinski definition) is 5. The van der Waals surface area contributed by atoms with Crippen LogP contribution in [0.1, 0.15) is 23.2 Å². The maximum absolute atomic E-state index is 12.2. The lowest BCUT2D eigenvalue weighted by Crippen LogP contribution is -2.28. The van der Waals surface area contributed by atoms with Crippen LogP contribution in [0, 0.1) is 10.1 Å². The number of likely N-dealkylation sites (tertiary alicyclic amines) is 1.